The van der Waals surface area contributed by atoms with Gasteiger partial charge in [-0.2, -0.15) is 0 Å². The second-order valence-electron chi connectivity index (χ2n) is 7.36. The lowest BCUT2D eigenvalue weighted by Crippen LogP contribution is -2.42. The minimum absolute atomic E-state index is 0.0144. The fraction of sp³-hybridized carbons (Fsp3) is 0.421. The van der Waals surface area contributed by atoms with E-state index in [1.807, 2.05) is 6.92 Å². The number of amides is 1. The molecule has 0 bridgehead atoms. The molecule has 1 aromatic heterocycles. The molecule has 2 aliphatic rings. The molecule has 1 aromatic carbocycles. The van der Waals surface area contributed by atoms with Crippen LogP contribution >= 0.6 is 0 Å². The normalized spacial score (nSPS) is 22.2. The molecule has 0 spiro atoms. The number of rotatable bonds is 5. The molecule has 5 N–H and O–H groups in total. The average molecular weight is 420 g/mol. The molecule has 10 heteroatoms. The quantitative estimate of drug-likeness (QED) is 0.581. The number of aliphatic hydroxyl groups is 1. The van der Waals surface area contributed by atoms with E-state index in [-0.39, 0.29) is 23.8 Å². The molecule has 156 valence electrons. The Kier molecular flexibility index (Phi) is 6.78. The topological polar surface area (TPSA) is 139 Å². The van der Waals surface area contributed by atoms with Gasteiger partial charge in [0.05, 0.1) is 11.0 Å². The minimum atomic E-state index is -1.44. The summed E-state index contributed by atoms with van der Waals surface area (Å²) >= 11 is 0. The Morgan fingerprint density at radius 2 is 1.86 bits per heavy atom. The molecule has 4 rings (SSSR count). The van der Waals surface area contributed by atoms with Crippen molar-refractivity contribution in [3.05, 3.63) is 42.7 Å². The van der Waals surface area contributed by atoms with Gasteiger partial charge in [0.25, 0.3) is 0 Å². The van der Waals surface area contributed by atoms with E-state index < -0.39 is 11.0 Å². The highest BCUT2D eigenvalue weighted by Gasteiger charge is 2.40. The number of nitrogens with one attached hydrogen (secondary N) is 2. The van der Waals surface area contributed by atoms with E-state index in [9.17, 15) is 9.00 Å². The number of benzene rings is 1. The van der Waals surface area contributed by atoms with Crippen molar-refractivity contribution < 1.29 is 18.8 Å². The van der Waals surface area contributed by atoms with Crippen LogP contribution in [0.4, 0.5) is 16.4 Å². The molecule has 1 amide bonds. The molecule has 2 aliphatic carbocycles. The van der Waals surface area contributed by atoms with Crippen molar-refractivity contribution in [2.75, 3.05) is 5.32 Å². The molecule has 1 unspecified atom stereocenters. The van der Waals surface area contributed by atoms with E-state index in [2.05, 4.69) is 20.6 Å². The van der Waals surface area contributed by atoms with Crippen molar-refractivity contribution in [1.29, 1.82) is 0 Å². The first kappa shape index (κ1) is 21.2. The summed E-state index contributed by atoms with van der Waals surface area (Å²) in [6, 6.07) is 8.68. The van der Waals surface area contributed by atoms with Crippen molar-refractivity contribution in [2.24, 2.45) is 5.14 Å². The summed E-state index contributed by atoms with van der Waals surface area (Å²) in [4.78, 5) is 19.8. The average Bonchev–Trinajstić information content (AvgIpc) is 3.39. The first-order valence-electron chi connectivity index (χ1n) is 9.30. The number of hydrogen-bond acceptors (Lipinski definition) is 7. The SMILES string of the molecule is CC1(NC(=O)OC2CC(O)C2)CC1.NS(=O)c1ccc(Nc2ncccn2)cc1. The van der Waals surface area contributed by atoms with E-state index in [4.69, 9.17) is 15.0 Å². The maximum absolute atomic E-state index is 11.2. The Bertz CT molecular complexity index is 839. The Labute approximate surface area is 171 Å². The van der Waals surface area contributed by atoms with E-state index in [0.29, 0.717) is 23.7 Å². The number of hydrogen-bond donors (Lipinski definition) is 4. The van der Waals surface area contributed by atoms with E-state index >= 15 is 0 Å². The Balaban J connectivity index is 0.000000169. The molecule has 0 aliphatic heterocycles. The van der Waals surface area contributed by atoms with Crippen LogP contribution in [0, 0.1) is 0 Å². The summed E-state index contributed by atoms with van der Waals surface area (Å²) in [6.45, 7) is 2.00. The number of nitrogens with zero attached hydrogens (tertiary/aromatic N) is 2. The molecular formula is C19H25N5O4S. The number of anilines is 2. The van der Waals surface area contributed by atoms with Crippen molar-refractivity contribution in [2.45, 2.75) is 55.2 Å². The van der Waals surface area contributed by atoms with Crippen molar-refractivity contribution in [3.63, 3.8) is 0 Å². The van der Waals surface area contributed by atoms with Gasteiger partial charge < -0.3 is 20.5 Å². The lowest BCUT2D eigenvalue weighted by atomic mass is 9.92. The summed E-state index contributed by atoms with van der Waals surface area (Å²) in [7, 11) is -1.44. The summed E-state index contributed by atoms with van der Waals surface area (Å²) < 4.78 is 16.0. The molecule has 0 radical (unpaired) electrons. The second-order valence-corrected chi connectivity index (χ2v) is 8.42. The van der Waals surface area contributed by atoms with Crippen LogP contribution in [0.5, 0.6) is 0 Å². The maximum atomic E-state index is 11.2. The largest absolute Gasteiger partial charge is 0.446 e. The van der Waals surface area contributed by atoms with Crippen LogP contribution in [0.3, 0.4) is 0 Å². The van der Waals surface area contributed by atoms with Gasteiger partial charge in [-0.05, 0) is 50.1 Å². The number of carbonyl (C=O) groups excluding carboxylic acids is 1. The van der Waals surface area contributed by atoms with Crippen LogP contribution in [0.25, 0.3) is 0 Å². The maximum Gasteiger partial charge on any atom is 0.407 e. The molecule has 29 heavy (non-hydrogen) atoms. The molecule has 1 atom stereocenters. The van der Waals surface area contributed by atoms with Crippen LogP contribution in [0.2, 0.25) is 0 Å². The fourth-order valence-corrected chi connectivity index (χ4v) is 2.94. The second kappa shape index (κ2) is 9.29. The highest BCUT2D eigenvalue weighted by molar-refractivity contribution is 7.82. The first-order valence-corrected chi connectivity index (χ1v) is 10.5. The van der Waals surface area contributed by atoms with Gasteiger partial charge in [0.2, 0.25) is 5.95 Å². The van der Waals surface area contributed by atoms with Crippen molar-refractivity contribution >= 4 is 28.7 Å². The van der Waals surface area contributed by atoms with Gasteiger partial charge in [-0.25, -0.2) is 24.1 Å². The molecule has 2 saturated carbocycles. The Morgan fingerprint density at radius 3 is 2.38 bits per heavy atom. The smallest absolute Gasteiger partial charge is 0.407 e. The van der Waals surface area contributed by atoms with Gasteiger partial charge in [0.1, 0.15) is 17.1 Å². The highest BCUT2D eigenvalue weighted by Crippen LogP contribution is 2.34. The number of aromatic nitrogens is 2. The van der Waals surface area contributed by atoms with Gasteiger partial charge in [-0.1, -0.05) is 0 Å². The van der Waals surface area contributed by atoms with Crippen molar-refractivity contribution in [1.82, 2.24) is 15.3 Å². The van der Waals surface area contributed by atoms with Crippen molar-refractivity contribution in [3.8, 4) is 0 Å². The highest BCUT2D eigenvalue weighted by atomic mass is 32.2. The molecule has 2 fully saturated rings. The molecular weight excluding hydrogens is 394 g/mol. The summed E-state index contributed by atoms with van der Waals surface area (Å²) in [5.74, 6) is 0.518. The van der Waals surface area contributed by atoms with E-state index in [0.717, 1.165) is 18.5 Å². The van der Waals surface area contributed by atoms with E-state index in [1.165, 1.54) is 0 Å². The number of carbonyl (C=O) groups is 1. The van der Waals surface area contributed by atoms with Gasteiger partial charge in [-0.3, -0.25) is 0 Å². The molecule has 0 saturated heterocycles. The van der Waals surface area contributed by atoms with Crippen LogP contribution < -0.4 is 15.8 Å². The summed E-state index contributed by atoms with van der Waals surface area (Å²) in [5.41, 5.74) is 0.805. The number of ether oxygens (including phenoxy) is 1. The zero-order chi connectivity index (χ0) is 20.9. The number of nitrogens with two attached hydrogens (primary N) is 1. The monoisotopic (exact) mass is 419 g/mol. The standard InChI is InChI=1S/C10H10N4OS.C9H15NO3/c11-16(15)9-4-2-8(3-5-9)14-10-12-6-1-7-13-10;1-9(2-3-9)10-8(12)13-7-4-6(11)5-7/h1-7H,11H2,(H,12,13,14);6-7,11H,2-5H2,1H3,(H,10,12). The summed E-state index contributed by atoms with van der Waals surface area (Å²) in [5, 5.41) is 20.0. The number of aliphatic hydroxyl groups excluding tert-OH is 1. The van der Waals surface area contributed by atoms with Crippen LogP contribution in [-0.2, 0) is 15.7 Å². The zero-order valence-electron chi connectivity index (χ0n) is 16.1. The zero-order valence-corrected chi connectivity index (χ0v) is 16.9. The molecule has 1 heterocycles. The third-order valence-corrected chi connectivity index (χ3v) is 5.39. The van der Waals surface area contributed by atoms with Gasteiger partial charge in [-0.15, -0.1) is 0 Å². The van der Waals surface area contributed by atoms with Gasteiger partial charge in [0.15, 0.2) is 0 Å². The van der Waals surface area contributed by atoms with Gasteiger partial charge >= 0.3 is 6.09 Å². The number of alkyl carbamates (subject to hydrolysis) is 1. The van der Waals surface area contributed by atoms with Crippen LogP contribution in [-0.4, -0.2) is 43.1 Å². The Hall–Kier alpha value is -2.56. The minimum Gasteiger partial charge on any atom is -0.446 e. The third kappa shape index (κ3) is 6.77. The predicted molar refractivity (Wildman–Crippen MR) is 109 cm³/mol. The summed E-state index contributed by atoms with van der Waals surface area (Å²) in [6.07, 6.45) is 5.87. The van der Waals surface area contributed by atoms with Gasteiger partial charge in [0, 0.05) is 36.5 Å². The van der Waals surface area contributed by atoms with E-state index in [1.54, 1.807) is 42.7 Å². The van der Waals surface area contributed by atoms with Crippen LogP contribution in [0.1, 0.15) is 32.6 Å². The molecule has 9 nitrogen and oxygen atoms in total. The van der Waals surface area contributed by atoms with Crippen LogP contribution in [0.15, 0.2) is 47.6 Å². The first-order chi connectivity index (χ1) is 13.8. The predicted octanol–water partition coefficient (Wildman–Crippen LogP) is 1.99. The fourth-order valence-electron chi connectivity index (χ4n) is 2.54. The molecule has 2 aromatic rings. The lowest BCUT2D eigenvalue weighted by molar-refractivity contribution is -0.0356. The Morgan fingerprint density at radius 1 is 1.24 bits per heavy atom. The lowest BCUT2D eigenvalue weighted by Gasteiger charge is -2.31. The third-order valence-electron chi connectivity index (χ3n) is 4.66.